The highest BCUT2D eigenvalue weighted by atomic mass is 32.1. The highest BCUT2D eigenvalue weighted by Gasteiger charge is 2.34. The topological polar surface area (TPSA) is 141 Å². The molecular formula is C30H40F3N5O6S. The van der Waals surface area contributed by atoms with Gasteiger partial charge in [0.2, 0.25) is 5.91 Å². The van der Waals surface area contributed by atoms with Crippen LogP contribution in [0.3, 0.4) is 0 Å². The van der Waals surface area contributed by atoms with Crippen LogP contribution in [-0.2, 0) is 36.5 Å². The van der Waals surface area contributed by atoms with Crippen LogP contribution in [-0.4, -0.2) is 69.8 Å². The van der Waals surface area contributed by atoms with Crippen LogP contribution in [0.1, 0.15) is 92.8 Å². The van der Waals surface area contributed by atoms with Crippen LogP contribution >= 0.6 is 11.3 Å². The number of aromatic nitrogens is 3. The van der Waals surface area contributed by atoms with Gasteiger partial charge >= 0.3 is 18.1 Å². The highest BCUT2D eigenvalue weighted by molar-refractivity contribution is 7.09. The van der Waals surface area contributed by atoms with Gasteiger partial charge in [-0.05, 0) is 31.1 Å². The largest absolute Gasteiger partial charge is 0.469 e. The van der Waals surface area contributed by atoms with Crippen LogP contribution < -0.4 is 5.32 Å². The Morgan fingerprint density at radius 1 is 1.11 bits per heavy atom. The summed E-state index contributed by atoms with van der Waals surface area (Å²) in [4.78, 5) is 64.0. The van der Waals surface area contributed by atoms with Gasteiger partial charge in [0.25, 0.3) is 5.91 Å². The van der Waals surface area contributed by atoms with Crippen molar-refractivity contribution in [2.45, 2.75) is 90.6 Å². The van der Waals surface area contributed by atoms with Gasteiger partial charge in [-0.3, -0.25) is 19.2 Å². The van der Waals surface area contributed by atoms with Crippen molar-refractivity contribution in [3.05, 3.63) is 39.9 Å². The van der Waals surface area contributed by atoms with E-state index in [0.29, 0.717) is 29.7 Å². The van der Waals surface area contributed by atoms with Crippen molar-refractivity contribution in [3.8, 4) is 0 Å². The molecule has 4 atom stereocenters. The smallest absolute Gasteiger partial charge is 0.419 e. The van der Waals surface area contributed by atoms with E-state index in [0.717, 1.165) is 24.2 Å². The minimum Gasteiger partial charge on any atom is -0.469 e. The predicted molar refractivity (Wildman–Crippen MR) is 158 cm³/mol. The van der Waals surface area contributed by atoms with Crippen molar-refractivity contribution in [1.82, 2.24) is 25.2 Å². The molecule has 11 nitrogen and oxygen atoms in total. The van der Waals surface area contributed by atoms with Gasteiger partial charge in [-0.2, -0.15) is 13.2 Å². The number of hydrogen-bond donors (Lipinski definition) is 1. The van der Waals surface area contributed by atoms with Gasteiger partial charge in [0.1, 0.15) is 16.5 Å². The molecule has 0 aromatic carbocycles. The lowest BCUT2D eigenvalue weighted by molar-refractivity contribution is -0.148. The second-order valence-corrected chi connectivity index (χ2v) is 12.7. The van der Waals surface area contributed by atoms with Crippen molar-refractivity contribution >= 4 is 35.1 Å². The quantitative estimate of drug-likeness (QED) is 0.269. The highest BCUT2D eigenvalue weighted by Crippen LogP contribution is 2.35. The van der Waals surface area contributed by atoms with Gasteiger partial charge < -0.3 is 19.7 Å². The lowest BCUT2D eigenvalue weighted by atomic mass is 9.96. The Hall–Kier alpha value is -3.62. The van der Waals surface area contributed by atoms with Crippen molar-refractivity contribution in [3.63, 3.8) is 0 Å². The van der Waals surface area contributed by atoms with E-state index in [1.54, 1.807) is 18.9 Å². The summed E-state index contributed by atoms with van der Waals surface area (Å²) in [6.07, 6.45) is -1.21. The molecule has 0 radical (unpaired) electrons. The third kappa shape index (κ3) is 10.8. The third-order valence-electron chi connectivity index (χ3n) is 7.65. The molecule has 45 heavy (non-hydrogen) atoms. The number of alkyl halides is 3. The van der Waals surface area contributed by atoms with E-state index in [9.17, 15) is 32.3 Å². The number of halogens is 3. The van der Waals surface area contributed by atoms with E-state index in [1.165, 1.54) is 19.4 Å². The summed E-state index contributed by atoms with van der Waals surface area (Å²) in [6, 6.07) is -1.01. The molecular weight excluding hydrogens is 615 g/mol. The van der Waals surface area contributed by atoms with Crippen molar-refractivity contribution in [2.75, 3.05) is 14.2 Å². The first-order valence-electron chi connectivity index (χ1n) is 14.7. The third-order valence-corrected chi connectivity index (χ3v) is 8.59. The van der Waals surface area contributed by atoms with Gasteiger partial charge in [0, 0.05) is 63.1 Å². The number of carbonyl (C=O) groups is 4. The van der Waals surface area contributed by atoms with Crippen molar-refractivity contribution in [2.24, 2.45) is 17.8 Å². The summed E-state index contributed by atoms with van der Waals surface area (Å²) >= 11 is 1.12. The molecule has 0 bridgehead atoms. The molecule has 1 aliphatic rings. The van der Waals surface area contributed by atoms with Gasteiger partial charge in [-0.1, -0.05) is 20.8 Å². The van der Waals surface area contributed by atoms with Crippen molar-refractivity contribution in [1.29, 1.82) is 0 Å². The molecule has 2 aromatic heterocycles. The van der Waals surface area contributed by atoms with Crippen molar-refractivity contribution < 1.29 is 41.8 Å². The Labute approximate surface area is 264 Å². The number of esters is 2. The zero-order chi connectivity index (χ0) is 33.5. The number of methoxy groups -OCH3 is 1. The summed E-state index contributed by atoms with van der Waals surface area (Å²) in [5.74, 6) is -1.79. The number of thiazole rings is 1. The second kappa shape index (κ2) is 15.6. The molecule has 0 saturated heterocycles. The molecule has 1 fully saturated rings. The predicted octanol–water partition coefficient (Wildman–Crippen LogP) is 4.77. The molecule has 1 aliphatic carbocycles. The molecule has 0 spiro atoms. The summed E-state index contributed by atoms with van der Waals surface area (Å²) in [6.45, 7) is 6.83. The normalized spacial score (nSPS) is 16.0. The average molecular weight is 656 g/mol. The van der Waals surface area contributed by atoms with Crippen LogP contribution in [0, 0.1) is 17.8 Å². The molecule has 248 valence electrons. The lowest BCUT2D eigenvalue weighted by Gasteiger charge is -2.33. The van der Waals surface area contributed by atoms with Crippen LogP contribution in [0.15, 0.2) is 17.8 Å². The maximum atomic E-state index is 13.3. The minimum absolute atomic E-state index is 0.0236. The Morgan fingerprint density at radius 3 is 2.29 bits per heavy atom. The standard InChI is InChI=1S/C30H40F3N5O6S/c1-16(2)23(38(5)26(40)10-19-7-8-19)12-24(44-18(4)39)28-37-22(15-45-28)27(41)36-21(9-17(3)29(42)43-6)11-25-34-13-20(14-35-25)30(31,32)33/h13-17,19,21,23-24H,7-12H2,1-6H3,(H,36,41)/t17?,21-,23?,24?/m1/s1. The maximum absolute atomic E-state index is 13.3. The summed E-state index contributed by atoms with van der Waals surface area (Å²) in [7, 11) is 2.98. The molecule has 0 aliphatic heterocycles. The fourth-order valence-corrected chi connectivity index (χ4v) is 5.78. The van der Waals surface area contributed by atoms with E-state index in [1.807, 2.05) is 13.8 Å². The molecule has 3 rings (SSSR count). The zero-order valence-electron chi connectivity index (χ0n) is 26.2. The monoisotopic (exact) mass is 655 g/mol. The van der Waals surface area contributed by atoms with E-state index in [2.05, 4.69) is 20.3 Å². The van der Waals surface area contributed by atoms with E-state index < -0.39 is 47.6 Å². The number of hydrogen-bond acceptors (Lipinski definition) is 10. The minimum atomic E-state index is -4.60. The summed E-state index contributed by atoms with van der Waals surface area (Å²) in [5.41, 5.74) is -0.985. The van der Waals surface area contributed by atoms with Gasteiger partial charge in [0.05, 0.1) is 18.6 Å². The fraction of sp³-hybridized carbons (Fsp3) is 0.633. The Bertz CT molecular complexity index is 1330. The van der Waals surface area contributed by atoms with Crippen LogP contribution in [0.2, 0.25) is 0 Å². The zero-order valence-corrected chi connectivity index (χ0v) is 27.0. The number of nitrogens with one attached hydrogen (secondary N) is 1. The first-order chi connectivity index (χ1) is 21.1. The van der Waals surface area contributed by atoms with E-state index >= 15 is 0 Å². The Balaban J connectivity index is 1.78. The van der Waals surface area contributed by atoms with E-state index in [4.69, 9.17) is 9.47 Å². The number of nitrogens with zero attached hydrogens (tertiary/aromatic N) is 4. The molecule has 15 heteroatoms. The Morgan fingerprint density at radius 2 is 1.76 bits per heavy atom. The average Bonchev–Trinajstić information content (AvgIpc) is 3.64. The summed E-state index contributed by atoms with van der Waals surface area (Å²) < 4.78 is 49.3. The summed E-state index contributed by atoms with van der Waals surface area (Å²) in [5, 5.41) is 4.65. The SMILES string of the molecule is COC(=O)C(C)C[C@H](Cc1ncc(C(F)(F)F)cn1)NC(=O)c1csc(C(CC(C(C)C)N(C)C(=O)CC2CC2)OC(C)=O)n1. The van der Waals surface area contributed by atoms with Gasteiger partial charge in [-0.15, -0.1) is 11.3 Å². The Kier molecular flexibility index (Phi) is 12.4. The molecule has 2 amide bonds. The van der Waals surface area contributed by atoms with Crippen LogP contribution in [0.25, 0.3) is 0 Å². The molecule has 1 N–H and O–H groups in total. The van der Waals surface area contributed by atoms with Gasteiger partial charge in [-0.25, -0.2) is 15.0 Å². The number of ether oxygens (including phenoxy) is 2. The first kappa shape index (κ1) is 35.9. The van der Waals surface area contributed by atoms with Crippen LogP contribution in [0.4, 0.5) is 13.2 Å². The molecule has 2 aromatic rings. The lowest BCUT2D eigenvalue weighted by Crippen LogP contribution is -2.42. The fourth-order valence-electron chi connectivity index (χ4n) is 4.94. The molecule has 1 saturated carbocycles. The second-order valence-electron chi connectivity index (χ2n) is 11.8. The van der Waals surface area contributed by atoms with E-state index in [-0.39, 0.29) is 48.6 Å². The number of rotatable bonds is 15. The molecule has 3 unspecified atom stereocenters. The molecule has 2 heterocycles. The first-order valence-corrected chi connectivity index (χ1v) is 15.6. The number of carbonyl (C=O) groups excluding carboxylic acids is 4. The maximum Gasteiger partial charge on any atom is 0.419 e. The number of amides is 2. The van der Waals surface area contributed by atoms with Crippen LogP contribution in [0.5, 0.6) is 0 Å². The van der Waals surface area contributed by atoms with Gasteiger partial charge in [0.15, 0.2) is 6.10 Å².